The van der Waals surface area contributed by atoms with E-state index < -0.39 is 11.5 Å². The Morgan fingerprint density at radius 1 is 1.25 bits per heavy atom. The molecule has 0 aliphatic rings. The second kappa shape index (κ2) is 6.62. The summed E-state index contributed by atoms with van der Waals surface area (Å²) < 4.78 is 1.46. The number of aromatic nitrogens is 3. The Hall–Kier alpha value is -3.02. The molecule has 122 valence electrons. The first-order valence-electron chi connectivity index (χ1n) is 7.79. The highest BCUT2D eigenvalue weighted by molar-refractivity contribution is 5.93. The van der Waals surface area contributed by atoms with Crippen LogP contribution in [0.5, 0.6) is 0 Å². The highest BCUT2D eigenvalue weighted by atomic mass is 16.2. The topological polar surface area (TPSA) is 76.9 Å². The van der Waals surface area contributed by atoms with Gasteiger partial charge in [-0.05, 0) is 31.5 Å². The van der Waals surface area contributed by atoms with E-state index in [2.05, 4.69) is 15.3 Å². The zero-order valence-corrected chi connectivity index (χ0v) is 13.6. The number of pyridine rings is 1. The summed E-state index contributed by atoms with van der Waals surface area (Å²) in [5.74, 6) is -0.477. The highest BCUT2D eigenvalue weighted by Gasteiger charge is 2.17. The summed E-state index contributed by atoms with van der Waals surface area (Å²) in [6.45, 7) is 4.60. The lowest BCUT2D eigenvalue weighted by Gasteiger charge is -2.10. The van der Waals surface area contributed by atoms with Gasteiger partial charge in [0.2, 0.25) is 0 Å². The smallest absolute Gasteiger partial charge is 0.283 e. The van der Waals surface area contributed by atoms with Gasteiger partial charge >= 0.3 is 0 Å². The van der Waals surface area contributed by atoms with Crippen molar-refractivity contribution in [2.24, 2.45) is 0 Å². The highest BCUT2D eigenvalue weighted by Crippen LogP contribution is 2.07. The number of rotatable bonds is 4. The summed E-state index contributed by atoms with van der Waals surface area (Å²) in [7, 11) is 0. The van der Waals surface area contributed by atoms with Crippen molar-refractivity contribution in [1.29, 1.82) is 0 Å². The zero-order valence-electron chi connectivity index (χ0n) is 13.6. The van der Waals surface area contributed by atoms with Crippen LogP contribution in [-0.2, 0) is 13.1 Å². The van der Waals surface area contributed by atoms with E-state index in [1.165, 1.54) is 4.57 Å². The zero-order chi connectivity index (χ0) is 17.1. The number of aryl methyl sites for hydroxylation is 2. The predicted molar refractivity (Wildman–Crippen MR) is 91.8 cm³/mol. The molecule has 0 spiro atoms. The molecule has 0 unspecified atom stereocenters. The largest absolute Gasteiger partial charge is 0.346 e. The van der Waals surface area contributed by atoms with Crippen LogP contribution in [0.4, 0.5) is 0 Å². The molecule has 3 aromatic rings. The molecule has 0 atom stereocenters. The minimum absolute atomic E-state index is 0.106. The van der Waals surface area contributed by atoms with E-state index in [1.54, 1.807) is 18.3 Å². The van der Waals surface area contributed by atoms with E-state index in [9.17, 15) is 9.59 Å². The Morgan fingerprint density at radius 2 is 2.08 bits per heavy atom. The van der Waals surface area contributed by atoms with Crippen LogP contribution >= 0.6 is 0 Å². The molecule has 24 heavy (non-hydrogen) atoms. The van der Waals surface area contributed by atoms with Gasteiger partial charge in [-0.25, -0.2) is 9.97 Å². The maximum absolute atomic E-state index is 12.5. The van der Waals surface area contributed by atoms with E-state index in [-0.39, 0.29) is 5.69 Å². The molecule has 2 heterocycles. The lowest BCUT2D eigenvalue weighted by molar-refractivity contribution is 0.0944. The molecular formula is C18H18N4O2. The van der Waals surface area contributed by atoms with Crippen molar-refractivity contribution in [3.63, 3.8) is 0 Å². The molecule has 0 saturated heterocycles. The van der Waals surface area contributed by atoms with Crippen LogP contribution < -0.4 is 10.9 Å². The number of benzene rings is 1. The van der Waals surface area contributed by atoms with Crippen molar-refractivity contribution in [2.45, 2.75) is 26.9 Å². The van der Waals surface area contributed by atoms with Crippen LogP contribution in [0.2, 0.25) is 0 Å². The maximum atomic E-state index is 12.5. The Morgan fingerprint density at radius 3 is 2.83 bits per heavy atom. The fraction of sp³-hybridized carbons (Fsp3) is 0.222. The maximum Gasteiger partial charge on any atom is 0.283 e. The number of nitrogens with one attached hydrogen (secondary N) is 1. The summed E-state index contributed by atoms with van der Waals surface area (Å²) >= 11 is 0. The van der Waals surface area contributed by atoms with Crippen molar-refractivity contribution in [3.05, 3.63) is 69.8 Å². The third kappa shape index (κ3) is 3.03. The third-order valence-electron chi connectivity index (χ3n) is 3.77. The number of hydrogen-bond acceptors (Lipinski definition) is 4. The average molecular weight is 322 g/mol. The molecule has 6 heteroatoms. The Labute approximate surface area is 139 Å². The van der Waals surface area contributed by atoms with E-state index in [0.717, 1.165) is 11.1 Å². The number of nitrogens with zero attached hydrogens (tertiary/aromatic N) is 3. The monoisotopic (exact) mass is 322 g/mol. The molecule has 0 bridgehead atoms. The average Bonchev–Trinajstić information content (AvgIpc) is 2.59. The van der Waals surface area contributed by atoms with Gasteiger partial charge in [0.05, 0.1) is 0 Å². The molecule has 0 aliphatic heterocycles. The number of carbonyl (C=O) groups excluding carboxylic acids is 1. The van der Waals surface area contributed by atoms with Gasteiger partial charge in [0.15, 0.2) is 11.3 Å². The second-order valence-corrected chi connectivity index (χ2v) is 5.53. The van der Waals surface area contributed by atoms with Gasteiger partial charge < -0.3 is 5.32 Å². The van der Waals surface area contributed by atoms with Crippen molar-refractivity contribution in [3.8, 4) is 0 Å². The molecule has 0 fully saturated rings. The van der Waals surface area contributed by atoms with E-state index in [1.807, 2.05) is 38.1 Å². The molecule has 1 amide bonds. The minimum atomic E-state index is -0.477. The number of amides is 1. The summed E-state index contributed by atoms with van der Waals surface area (Å²) in [5.41, 5.74) is 2.57. The van der Waals surface area contributed by atoms with Crippen molar-refractivity contribution >= 4 is 17.1 Å². The molecular weight excluding hydrogens is 304 g/mol. The van der Waals surface area contributed by atoms with Gasteiger partial charge in [0.1, 0.15) is 5.52 Å². The Bertz CT molecular complexity index is 963. The first-order chi connectivity index (χ1) is 11.6. The van der Waals surface area contributed by atoms with Crippen LogP contribution in [0.15, 0.2) is 47.4 Å². The summed E-state index contributed by atoms with van der Waals surface area (Å²) in [6.07, 6.45) is 1.60. The minimum Gasteiger partial charge on any atom is -0.346 e. The fourth-order valence-electron chi connectivity index (χ4n) is 2.61. The summed E-state index contributed by atoms with van der Waals surface area (Å²) in [6, 6.07) is 11.3. The third-order valence-corrected chi connectivity index (χ3v) is 3.77. The van der Waals surface area contributed by atoms with Crippen LogP contribution in [0.3, 0.4) is 0 Å². The van der Waals surface area contributed by atoms with E-state index in [0.29, 0.717) is 24.3 Å². The Kier molecular flexibility index (Phi) is 4.37. The second-order valence-electron chi connectivity index (χ2n) is 5.53. The fourth-order valence-corrected chi connectivity index (χ4v) is 2.61. The first-order valence-corrected chi connectivity index (χ1v) is 7.79. The van der Waals surface area contributed by atoms with Crippen molar-refractivity contribution < 1.29 is 4.79 Å². The predicted octanol–water partition coefficient (Wildman–Crippen LogP) is 2.05. The SMILES string of the molecule is CCn1c(=O)c(C(=O)NCc2cccc(C)c2)nc2cccnc21. The lowest BCUT2D eigenvalue weighted by atomic mass is 10.1. The van der Waals surface area contributed by atoms with Gasteiger partial charge in [-0.3, -0.25) is 14.2 Å². The number of hydrogen-bond donors (Lipinski definition) is 1. The number of carbonyl (C=O) groups is 1. The van der Waals surface area contributed by atoms with Gasteiger partial charge in [-0.2, -0.15) is 0 Å². The van der Waals surface area contributed by atoms with Crippen LogP contribution in [-0.4, -0.2) is 20.4 Å². The Balaban J connectivity index is 1.92. The summed E-state index contributed by atoms with van der Waals surface area (Å²) in [4.78, 5) is 33.3. The van der Waals surface area contributed by atoms with E-state index >= 15 is 0 Å². The normalized spacial score (nSPS) is 10.8. The van der Waals surface area contributed by atoms with Crippen LogP contribution in [0, 0.1) is 6.92 Å². The van der Waals surface area contributed by atoms with Gasteiger partial charge in [-0.15, -0.1) is 0 Å². The molecule has 2 aromatic heterocycles. The molecule has 0 saturated carbocycles. The van der Waals surface area contributed by atoms with Crippen LogP contribution in [0.25, 0.3) is 11.2 Å². The molecule has 0 radical (unpaired) electrons. The standard InChI is InChI=1S/C18H18N4O2/c1-3-22-16-14(8-5-9-19-16)21-15(18(22)24)17(23)20-11-13-7-4-6-12(2)10-13/h4-10H,3,11H2,1-2H3,(H,20,23). The van der Waals surface area contributed by atoms with Gasteiger partial charge in [0, 0.05) is 19.3 Å². The van der Waals surface area contributed by atoms with Crippen molar-refractivity contribution in [2.75, 3.05) is 0 Å². The van der Waals surface area contributed by atoms with E-state index in [4.69, 9.17) is 0 Å². The van der Waals surface area contributed by atoms with Crippen molar-refractivity contribution in [1.82, 2.24) is 19.9 Å². The molecule has 3 rings (SSSR count). The molecule has 1 N–H and O–H groups in total. The first kappa shape index (κ1) is 15.9. The summed E-state index contributed by atoms with van der Waals surface area (Å²) in [5, 5.41) is 2.76. The molecule has 0 aliphatic carbocycles. The van der Waals surface area contributed by atoms with Crippen LogP contribution in [0.1, 0.15) is 28.5 Å². The molecule has 6 nitrogen and oxygen atoms in total. The number of fused-ring (bicyclic) bond motifs is 1. The molecule has 1 aromatic carbocycles. The lowest BCUT2D eigenvalue weighted by Crippen LogP contribution is -2.34. The quantitative estimate of drug-likeness (QED) is 0.797. The van der Waals surface area contributed by atoms with Gasteiger partial charge in [0.25, 0.3) is 11.5 Å². The van der Waals surface area contributed by atoms with Gasteiger partial charge in [-0.1, -0.05) is 29.8 Å².